The molecule has 2 aromatic heterocycles. The highest BCUT2D eigenvalue weighted by molar-refractivity contribution is 6.07. The highest BCUT2D eigenvalue weighted by Crippen LogP contribution is 2.25. The number of anilines is 2. The van der Waals surface area contributed by atoms with Gasteiger partial charge >= 0.3 is 0 Å². The van der Waals surface area contributed by atoms with Crippen LogP contribution in [0.5, 0.6) is 0 Å². The molecule has 7 nitrogen and oxygen atoms in total. The maximum absolute atomic E-state index is 12.6. The van der Waals surface area contributed by atoms with Gasteiger partial charge in [-0.1, -0.05) is 12.8 Å². The van der Waals surface area contributed by atoms with E-state index in [2.05, 4.69) is 20.6 Å². The second kappa shape index (κ2) is 8.41. The zero-order valence-electron chi connectivity index (χ0n) is 14.4. The van der Waals surface area contributed by atoms with E-state index in [1.54, 1.807) is 30.5 Å². The summed E-state index contributed by atoms with van der Waals surface area (Å²) in [6.45, 7) is 0.580. The molecule has 3 rings (SSSR count). The highest BCUT2D eigenvalue weighted by atomic mass is 16.3. The van der Waals surface area contributed by atoms with Gasteiger partial charge in [0.2, 0.25) is 0 Å². The van der Waals surface area contributed by atoms with Gasteiger partial charge in [0.1, 0.15) is 17.6 Å². The number of nitrogens with zero attached hydrogens (tertiary/aromatic N) is 3. The number of aromatic nitrogens is 2. The van der Waals surface area contributed by atoms with E-state index in [9.17, 15) is 9.90 Å². The van der Waals surface area contributed by atoms with E-state index in [4.69, 9.17) is 5.26 Å². The standard InChI is InChI=1S/C19H21N5O2/c20-10-14-7-8-15(12-22-14)24-19(26)16-5-3-9-21-18(16)23-11-13-4-1-2-6-17(13)25/h3,5,7-9,12-13,17,25H,1-2,4,6,11H2,(H,21,23)(H,24,26). The summed E-state index contributed by atoms with van der Waals surface area (Å²) in [4.78, 5) is 20.8. The molecule has 0 aliphatic heterocycles. The first-order valence-corrected chi connectivity index (χ1v) is 8.72. The molecule has 1 aliphatic carbocycles. The highest BCUT2D eigenvalue weighted by Gasteiger charge is 2.23. The molecule has 1 aliphatic rings. The predicted molar refractivity (Wildman–Crippen MR) is 97.6 cm³/mol. The van der Waals surface area contributed by atoms with Crippen LogP contribution in [0, 0.1) is 17.2 Å². The lowest BCUT2D eigenvalue weighted by molar-refractivity contribution is 0.0763. The Balaban J connectivity index is 1.67. The number of aliphatic hydroxyl groups is 1. The summed E-state index contributed by atoms with van der Waals surface area (Å²) >= 11 is 0. The minimum absolute atomic E-state index is 0.171. The summed E-state index contributed by atoms with van der Waals surface area (Å²) < 4.78 is 0. The molecule has 0 spiro atoms. The van der Waals surface area contributed by atoms with Crippen LogP contribution in [0.3, 0.4) is 0 Å². The van der Waals surface area contributed by atoms with E-state index in [0.717, 1.165) is 25.7 Å². The first-order chi connectivity index (χ1) is 12.7. The molecule has 2 atom stereocenters. The zero-order chi connectivity index (χ0) is 18.4. The summed E-state index contributed by atoms with van der Waals surface area (Å²) in [5.74, 6) is 0.352. The molecule has 1 amide bonds. The molecule has 26 heavy (non-hydrogen) atoms. The number of hydrogen-bond acceptors (Lipinski definition) is 6. The summed E-state index contributed by atoms with van der Waals surface area (Å²) in [6, 6.07) is 8.50. The van der Waals surface area contributed by atoms with Crippen molar-refractivity contribution in [1.82, 2.24) is 9.97 Å². The molecule has 2 unspecified atom stereocenters. The number of carbonyl (C=O) groups is 1. The number of rotatable bonds is 5. The Hall–Kier alpha value is -2.98. The topological polar surface area (TPSA) is 111 Å². The van der Waals surface area contributed by atoms with Crippen molar-refractivity contribution < 1.29 is 9.90 Å². The summed E-state index contributed by atoms with van der Waals surface area (Å²) in [5.41, 5.74) is 1.21. The van der Waals surface area contributed by atoms with Crippen molar-refractivity contribution in [1.29, 1.82) is 5.26 Å². The van der Waals surface area contributed by atoms with Crippen LogP contribution in [0.2, 0.25) is 0 Å². The largest absolute Gasteiger partial charge is 0.393 e. The Morgan fingerprint density at radius 3 is 2.85 bits per heavy atom. The van der Waals surface area contributed by atoms with Crippen LogP contribution in [-0.2, 0) is 0 Å². The van der Waals surface area contributed by atoms with Crippen LogP contribution in [0.1, 0.15) is 41.7 Å². The molecular formula is C19H21N5O2. The van der Waals surface area contributed by atoms with Crippen LogP contribution in [0.25, 0.3) is 0 Å². The molecular weight excluding hydrogens is 330 g/mol. The number of hydrogen-bond donors (Lipinski definition) is 3. The van der Waals surface area contributed by atoms with Gasteiger partial charge in [0, 0.05) is 18.7 Å². The van der Waals surface area contributed by atoms with Gasteiger partial charge in [-0.2, -0.15) is 5.26 Å². The number of nitrogens with one attached hydrogen (secondary N) is 2. The van der Waals surface area contributed by atoms with Crippen molar-refractivity contribution in [2.45, 2.75) is 31.8 Å². The van der Waals surface area contributed by atoms with Gasteiger partial charge in [-0.15, -0.1) is 0 Å². The minimum atomic E-state index is -0.309. The van der Waals surface area contributed by atoms with E-state index >= 15 is 0 Å². The van der Waals surface area contributed by atoms with Crippen LogP contribution >= 0.6 is 0 Å². The molecule has 0 saturated heterocycles. The Morgan fingerprint density at radius 2 is 2.12 bits per heavy atom. The molecule has 0 radical (unpaired) electrons. The lowest BCUT2D eigenvalue weighted by Gasteiger charge is -2.28. The van der Waals surface area contributed by atoms with E-state index < -0.39 is 0 Å². The molecule has 0 bridgehead atoms. The fourth-order valence-corrected chi connectivity index (χ4v) is 3.12. The Bertz CT molecular complexity index is 800. The third-order valence-corrected chi connectivity index (χ3v) is 4.59. The number of pyridine rings is 2. The molecule has 1 saturated carbocycles. The SMILES string of the molecule is N#Cc1ccc(NC(=O)c2cccnc2NCC2CCCCC2O)cn1. The fraction of sp³-hybridized carbons (Fsp3) is 0.368. The van der Waals surface area contributed by atoms with Crippen molar-refractivity contribution in [3.8, 4) is 6.07 Å². The predicted octanol–water partition coefficient (Wildman–Crippen LogP) is 2.56. The van der Waals surface area contributed by atoms with Gasteiger partial charge < -0.3 is 15.7 Å². The summed E-state index contributed by atoms with van der Waals surface area (Å²) in [6.07, 6.45) is 6.74. The Morgan fingerprint density at radius 1 is 1.27 bits per heavy atom. The van der Waals surface area contributed by atoms with Gasteiger partial charge in [0.15, 0.2) is 0 Å². The lowest BCUT2D eigenvalue weighted by atomic mass is 9.86. The quantitative estimate of drug-likeness (QED) is 0.763. The number of carbonyl (C=O) groups excluding carboxylic acids is 1. The van der Waals surface area contributed by atoms with E-state index in [0.29, 0.717) is 23.6 Å². The number of nitriles is 1. The van der Waals surface area contributed by atoms with Crippen molar-refractivity contribution in [2.24, 2.45) is 5.92 Å². The van der Waals surface area contributed by atoms with E-state index in [-0.39, 0.29) is 23.6 Å². The van der Waals surface area contributed by atoms with Crippen LogP contribution in [-0.4, -0.2) is 33.6 Å². The second-order valence-corrected chi connectivity index (χ2v) is 6.39. The average molecular weight is 351 g/mol. The van der Waals surface area contributed by atoms with Gasteiger partial charge in [-0.25, -0.2) is 9.97 Å². The molecule has 7 heteroatoms. The third kappa shape index (κ3) is 4.35. The third-order valence-electron chi connectivity index (χ3n) is 4.59. The summed E-state index contributed by atoms with van der Waals surface area (Å²) in [7, 11) is 0. The molecule has 2 heterocycles. The number of aliphatic hydroxyl groups excluding tert-OH is 1. The van der Waals surface area contributed by atoms with Gasteiger partial charge in [-0.05, 0) is 37.1 Å². The fourth-order valence-electron chi connectivity index (χ4n) is 3.12. The van der Waals surface area contributed by atoms with E-state index in [1.807, 2.05) is 6.07 Å². The molecule has 1 fully saturated rings. The van der Waals surface area contributed by atoms with Crippen LogP contribution < -0.4 is 10.6 Å². The van der Waals surface area contributed by atoms with E-state index in [1.165, 1.54) is 6.20 Å². The monoisotopic (exact) mass is 351 g/mol. The first-order valence-electron chi connectivity index (χ1n) is 8.72. The number of amides is 1. The minimum Gasteiger partial charge on any atom is -0.393 e. The Kier molecular flexibility index (Phi) is 5.77. The molecule has 3 N–H and O–H groups in total. The average Bonchev–Trinajstić information content (AvgIpc) is 2.68. The first kappa shape index (κ1) is 17.8. The van der Waals surface area contributed by atoms with Gasteiger partial charge in [-0.3, -0.25) is 4.79 Å². The van der Waals surface area contributed by atoms with Crippen LogP contribution in [0.4, 0.5) is 11.5 Å². The van der Waals surface area contributed by atoms with Crippen molar-refractivity contribution in [3.63, 3.8) is 0 Å². The van der Waals surface area contributed by atoms with Gasteiger partial charge in [0.05, 0.1) is 23.6 Å². The van der Waals surface area contributed by atoms with Crippen molar-refractivity contribution in [3.05, 3.63) is 47.9 Å². The molecule has 134 valence electrons. The second-order valence-electron chi connectivity index (χ2n) is 6.39. The smallest absolute Gasteiger partial charge is 0.259 e. The normalized spacial score (nSPS) is 19.4. The van der Waals surface area contributed by atoms with Crippen LogP contribution in [0.15, 0.2) is 36.7 Å². The van der Waals surface area contributed by atoms with Gasteiger partial charge in [0.25, 0.3) is 5.91 Å². The van der Waals surface area contributed by atoms with Crippen molar-refractivity contribution in [2.75, 3.05) is 17.2 Å². The molecule has 0 aromatic carbocycles. The summed E-state index contributed by atoms with van der Waals surface area (Å²) in [5, 5.41) is 24.8. The zero-order valence-corrected chi connectivity index (χ0v) is 14.4. The lowest BCUT2D eigenvalue weighted by Crippen LogP contribution is -2.31. The maximum Gasteiger partial charge on any atom is 0.259 e. The maximum atomic E-state index is 12.6. The molecule has 2 aromatic rings. The van der Waals surface area contributed by atoms with Crippen molar-refractivity contribution >= 4 is 17.4 Å². The Labute approximate surface area is 152 Å².